The Morgan fingerprint density at radius 2 is 1.33 bits per heavy atom. The quantitative estimate of drug-likeness (QED) is 0.158. The van der Waals surface area contributed by atoms with Crippen LogP contribution in [0.5, 0.6) is 17.2 Å². The zero-order valence-corrected chi connectivity index (χ0v) is 39.6. The van der Waals surface area contributed by atoms with Gasteiger partial charge < -0.3 is 48.6 Å². The molecule has 6 aromatic rings. The second-order valence-electron chi connectivity index (χ2n) is 19.4. The molecular formula is C51H61N13O5. The Hall–Kier alpha value is -6.24. The topological polar surface area (TPSA) is 174 Å². The molecular weight excluding hydrogens is 875 g/mol. The highest BCUT2D eigenvalue weighted by atomic mass is 16.5. The molecule has 360 valence electrons. The molecule has 1 atom stereocenters. The van der Waals surface area contributed by atoms with E-state index in [-0.39, 0.29) is 24.5 Å². The highest BCUT2D eigenvalue weighted by Crippen LogP contribution is 2.42. The lowest BCUT2D eigenvalue weighted by atomic mass is 9.91. The fourth-order valence-electron chi connectivity index (χ4n) is 11.3. The van der Waals surface area contributed by atoms with E-state index >= 15 is 0 Å². The maximum Gasteiger partial charge on any atom is 0.183 e. The van der Waals surface area contributed by atoms with Crippen molar-refractivity contribution in [1.29, 1.82) is 0 Å². The molecule has 0 spiro atoms. The number of nitrogens with zero attached hydrogens (tertiary/aromatic N) is 12. The number of anilines is 4. The zero-order chi connectivity index (χ0) is 46.3. The predicted molar refractivity (Wildman–Crippen MR) is 262 cm³/mol. The van der Waals surface area contributed by atoms with Gasteiger partial charge in [-0.2, -0.15) is 0 Å². The van der Waals surface area contributed by atoms with Gasteiger partial charge in [0, 0.05) is 112 Å². The monoisotopic (exact) mass is 935 g/mol. The number of aromatic nitrogens is 8. The molecule has 4 aromatic heterocycles. The van der Waals surface area contributed by atoms with Crippen LogP contribution in [0.3, 0.4) is 0 Å². The van der Waals surface area contributed by atoms with Gasteiger partial charge in [0.2, 0.25) is 0 Å². The molecule has 18 nitrogen and oxygen atoms in total. The number of rotatable bonds is 11. The summed E-state index contributed by atoms with van der Waals surface area (Å²) in [7, 11) is 2.16. The fourth-order valence-corrected chi connectivity index (χ4v) is 11.3. The molecule has 1 N–H and O–H groups in total. The number of hydrogen-bond acceptors (Lipinski definition) is 18. The van der Waals surface area contributed by atoms with Crippen molar-refractivity contribution in [3.8, 4) is 17.2 Å². The van der Waals surface area contributed by atoms with Gasteiger partial charge in [-0.1, -0.05) is 0 Å². The molecule has 0 radical (unpaired) electrons. The van der Waals surface area contributed by atoms with Gasteiger partial charge in [-0.25, -0.2) is 29.9 Å². The van der Waals surface area contributed by atoms with Crippen LogP contribution in [0.4, 0.5) is 23.0 Å². The van der Waals surface area contributed by atoms with Crippen LogP contribution < -0.4 is 34.2 Å². The van der Waals surface area contributed by atoms with E-state index < -0.39 is 0 Å². The summed E-state index contributed by atoms with van der Waals surface area (Å²) in [5, 5.41) is 3.78. The summed E-state index contributed by atoms with van der Waals surface area (Å²) in [5.74, 6) is 4.85. The van der Waals surface area contributed by atoms with Crippen molar-refractivity contribution in [2.24, 2.45) is 0 Å². The van der Waals surface area contributed by atoms with Crippen LogP contribution in [0, 0.1) is 6.92 Å². The van der Waals surface area contributed by atoms with Gasteiger partial charge in [-0.3, -0.25) is 9.97 Å². The fraction of sp³-hybridized carbons (Fsp3) is 0.529. The minimum absolute atomic E-state index is 0.0144. The number of hydrogen-bond donors (Lipinski definition) is 1. The third-order valence-electron chi connectivity index (χ3n) is 14.8. The van der Waals surface area contributed by atoms with Crippen LogP contribution in [0.15, 0.2) is 55.4 Å². The number of benzene rings is 2. The lowest BCUT2D eigenvalue weighted by Gasteiger charge is -2.46. The van der Waals surface area contributed by atoms with Crippen LogP contribution in [0.1, 0.15) is 74.1 Å². The van der Waals surface area contributed by atoms with Gasteiger partial charge >= 0.3 is 0 Å². The van der Waals surface area contributed by atoms with Crippen LogP contribution in [-0.4, -0.2) is 141 Å². The number of nitrogens with one attached hydrogen (secondary N) is 1. The van der Waals surface area contributed by atoms with E-state index in [4.69, 9.17) is 48.6 Å². The summed E-state index contributed by atoms with van der Waals surface area (Å²) in [6, 6.07) is 9.01. The number of morpholine rings is 2. The Bertz CT molecular complexity index is 2800. The van der Waals surface area contributed by atoms with Gasteiger partial charge in [0.15, 0.2) is 11.6 Å². The Kier molecular flexibility index (Phi) is 12.3. The Labute approximate surface area is 402 Å². The molecule has 1 unspecified atom stereocenters. The normalized spacial score (nSPS) is 24.1. The molecule has 2 aliphatic carbocycles. The van der Waals surface area contributed by atoms with Crippen molar-refractivity contribution >= 4 is 45.1 Å². The zero-order valence-electron chi connectivity index (χ0n) is 39.6. The van der Waals surface area contributed by atoms with E-state index in [1.165, 1.54) is 5.56 Å². The number of likely N-dealkylation sites (N-methyl/N-ethyl adjacent to an activating group) is 1. The SMILES string of the molecule is Cc1nc2c(c(N(C3CCC(Oc4cc(N5CCOCC5)cc5nccnc45)CC3)C3CN(c4cc(OC5CCC(Nc6ncnc7c6CN(C)CC7)CC5)c5nccnc5c4)CCO3)n1)OCC2. The molecule has 69 heavy (non-hydrogen) atoms. The highest BCUT2D eigenvalue weighted by molar-refractivity contribution is 5.86. The molecule has 2 aromatic carbocycles. The molecule has 2 saturated carbocycles. The maximum absolute atomic E-state index is 6.93. The summed E-state index contributed by atoms with van der Waals surface area (Å²) in [6.45, 7) is 9.40. The van der Waals surface area contributed by atoms with Gasteiger partial charge in [0.1, 0.15) is 46.7 Å². The maximum atomic E-state index is 6.93. The molecule has 12 rings (SSSR count). The standard InChI is InChI=1S/C51H61N13O5/c1-32-58-41-12-21-67-49(41)51(59-32)64(34-5-9-38(10-6-34)69-44-27-35(62-18-22-65-23-19-62)25-42-47(44)54-15-13-52-42)46-30-63(20-24-66-46)36-26-43-48(55-16-14-53-43)45(28-36)68-37-7-3-33(4-8-37)60-50-39-29-61(2)17-11-40(39)56-31-57-50/h13-16,25-28,31,33-34,37-38,46H,3-12,17-24,29-30H2,1-2H3,(H,56,57,60). The average molecular weight is 936 g/mol. The van der Waals surface area contributed by atoms with Crippen molar-refractivity contribution in [3.63, 3.8) is 0 Å². The van der Waals surface area contributed by atoms with E-state index in [1.807, 2.05) is 6.92 Å². The third-order valence-corrected chi connectivity index (χ3v) is 14.8. The van der Waals surface area contributed by atoms with Gasteiger partial charge in [0.25, 0.3) is 0 Å². The van der Waals surface area contributed by atoms with Crippen LogP contribution in [0.2, 0.25) is 0 Å². The minimum atomic E-state index is -0.307. The molecule has 6 aliphatic rings. The number of aryl methyl sites for hydroxylation is 1. The number of ether oxygens (including phenoxy) is 5. The summed E-state index contributed by atoms with van der Waals surface area (Å²) in [4.78, 5) is 47.7. The van der Waals surface area contributed by atoms with Gasteiger partial charge in [0.05, 0.1) is 67.6 Å². The van der Waals surface area contributed by atoms with Crippen LogP contribution >= 0.6 is 0 Å². The second kappa shape index (κ2) is 19.3. The van der Waals surface area contributed by atoms with Crippen molar-refractivity contribution < 1.29 is 23.7 Å². The lowest BCUT2D eigenvalue weighted by molar-refractivity contribution is 0.0260. The first-order valence-electron chi connectivity index (χ1n) is 25.0. The molecule has 18 heteroatoms. The average Bonchev–Trinajstić information content (AvgIpc) is 3.87. The van der Waals surface area contributed by atoms with E-state index in [9.17, 15) is 0 Å². The first kappa shape index (κ1) is 44.0. The van der Waals surface area contributed by atoms with Gasteiger partial charge in [-0.15, -0.1) is 0 Å². The van der Waals surface area contributed by atoms with Crippen molar-refractivity contribution in [1.82, 2.24) is 44.8 Å². The number of fused-ring (bicyclic) bond motifs is 4. The van der Waals surface area contributed by atoms with E-state index in [2.05, 4.69) is 71.2 Å². The van der Waals surface area contributed by atoms with E-state index in [0.29, 0.717) is 45.6 Å². The molecule has 2 saturated heterocycles. The Morgan fingerprint density at radius 1 is 0.667 bits per heavy atom. The van der Waals surface area contributed by atoms with E-state index in [0.717, 1.165) is 170 Å². The molecule has 4 aliphatic heterocycles. The highest BCUT2D eigenvalue weighted by Gasteiger charge is 2.39. The molecule has 8 heterocycles. The predicted octanol–water partition coefficient (Wildman–Crippen LogP) is 6.08. The van der Waals surface area contributed by atoms with Crippen molar-refractivity contribution in [2.45, 2.75) is 108 Å². The van der Waals surface area contributed by atoms with E-state index in [1.54, 1.807) is 31.1 Å². The molecule has 0 bridgehead atoms. The smallest absolute Gasteiger partial charge is 0.183 e. The molecule has 0 amide bonds. The second-order valence-corrected chi connectivity index (χ2v) is 19.4. The van der Waals surface area contributed by atoms with Crippen molar-refractivity contribution in [3.05, 3.63) is 78.2 Å². The summed E-state index contributed by atoms with van der Waals surface area (Å²) >= 11 is 0. The Balaban J connectivity index is 0.767. The van der Waals surface area contributed by atoms with Gasteiger partial charge in [-0.05, 0) is 77.5 Å². The first-order valence-corrected chi connectivity index (χ1v) is 25.0. The largest absolute Gasteiger partial charge is 0.488 e. The lowest BCUT2D eigenvalue weighted by Crippen LogP contribution is -2.56. The van der Waals surface area contributed by atoms with Crippen molar-refractivity contribution in [2.75, 3.05) is 86.2 Å². The molecule has 4 fully saturated rings. The minimum Gasteiger partial charge on any atom is -0.488 e. The summed E-state index contributed by atoms with van der Waals surface area (Å²) in [6.07, 6.45) is 17.5. The summed E-state index contributed by atoms with van der Waals surface area (Å²) < 4.78 is 32.6. The Morgan fingerprint density at radius 3 is 2.06 bits per heavy atom. The third kappa shape index (κ3) is 9.21. The summed E-state index contributed by atoms with van der Waals surface area (Å²) in [5.41, 5.74) is 8.69. The van der Waals surface area contributed by atoms with Crippen LogP contribution in [-0.2, 0) is 28.9 Å². The first-order chi connectivity index (χ1) is 34.0. The van der Waals surface area contributed by atoms with Crippen LogP contribution in [0.25, 0.3) is 22.1 Å².